The number of nitrogens with one attached hydrogen (secondary N) is 2. The minimum Gasteiger partial charge on any atom is -0.352 e. The first kappa shape index (κ1) is 21.6. The molecule has 1 aromatic carbocycles. The van der Waals surface area contributed by atoms with Crippen LogP contribution in [0.3, 0.4) is 0 Å². The molecule has 2 aliphatic rings. The maximum atomic E-state index is 12.4. The quantitative estimate of drug-likeness (QED) is 0.742. The minimum atomic E-state index is -0.560. The highest BCUT2D eigenvalue weighted by Gasteiger charge is 2.38. The predicted octanol–water partition coefficient (Wildman–Crippen LogP) is 1.94. The SMILES string of the molecule is Cc1ccc(C2(CN3CCC(NC(=O)Cn4ccc(=O)[nH]c4=O)CC3)CCCC2)cc1. The summed E-state index contributed by atoms with van der Waals surface area (Å²) in [6.45, 7) is 5.09. The van der Waals surface area contributed by atoms with E-state index in [1.165, 1.54) is 53.6 Å². The van der Waals surface area contributed by atoms with E-state index in [4.69, 9.17) is 0 Å². The van der Waals surface area contributed by atoms with Crippen LogP contribution in [0.15, 0.2) is 46.1 Å². The Kier molecular flexibility index (Phi) is 6.41. The van der Waals surface area contributed by atoms with Crippen LogP contribution in [0.1, 0.15) is 49.7 Å². The van der Waals surface area contributed by atoms with Crippen molar-refractivity contribution in [3.05, 3.63) is 68.5 Å². The molecule has 2 fully saturated rings. The van der Waals surface area contributed by atoms with Gasteiger partial charge in [0.2, 0.25) is 5.91 Å². The number of hydrogen-bond donors (Lipinski definition) is 2. The van der Waals surface area contributed by atoms with Crippen LogP contribution in [-0.4, -0.2) is 46.0 Å². The van der Waals surface area contributed by atoms with Gasteiger partial charge in [-0.25, -0.2) is 4.79 Å². The Morgan fingerprint density at radius 1 is 1.10 bits per heavy atom. The molecular weight excluding hydrogens is 392 g/mol. The first-order chi connectivity index (χ1) is 14.9. The lowest BCUT2D eigenvalue weighted by Gasteiger charge is -2.39. The summed E-state index contributed by atoms with van der Waals surface area (Å²) < 4.78 is 1.22. The van der Waals surface area contributed by atoms with Crippen LogP contribution in [0.4, 0.5) is 0 Å². The summed E-state index contributed by atoms with van der Waals surface area (Å²) in [4.78, 5) is 40.0. The summed E-state index contributed by atoms with van der Waals surface area (Å²) in [5.74, 6) is -0.195. The van der Waals surface area contributed by atoms with Gasteiger partial charge < -0.3 is 10.2 Å². The Morgan fingerprint density at radius 2 is 1.77 bits per heavy atom. The van der Waals surface area contributed by atoms with Crippen molar-refractivity contribution in [2.24, 2.45) is 0 Å². The molecule has 0 unspecified atom stereocenters. The second-order valence-electron chi connectivity index (χ2n) is 9.21. The predicted molar refractivity (Wildman–Crippen MR) is 120 cm³/mol. The molecule has 1 aliphatic carbocycles. The summed E-state index contributed by atoms with van der Waals surface area (Å²) in [7, 11) is 0. The molecule has 4 rings (SSSR count). The number of likely N-dealkylation sites (tertiary alicyclic amines) is 1. The highest BCUT2D eigenvalue weighted by Crippen LogP contribution is 2.42. The molecule has 166 valence electrons. The minimum absolute atomic E-state index is 0.0770. The van der Waals surface area contributed by atoms with Gasteiger partial charge in [-0.15, -0.1) is 0 Å². The van der Waals surface area contributed by atoms with Gasteiger partial charge in [-0.1, -0.05) is 42.7 Å². The zero-order valence-electron chi connectivity index (χ0n) is 18.2. The lowest BCUT2D eigenvalue weighted by atomic mass is 9.77. The van der Waals surface area contributed by atoms with Gasteiger partial charge in [0, 0.05) is 43.4 Å². The summed E-state index contributed by atoms with van der Waals surface area (Å²) in [6.07, 6.45) is 8.28. The average molecular weight is 425 g/mol. The molecule has 2 aromatic rings. The molecule has 1 aliphatic heterocycles. The van der Waals surface area contributed by atoms with Gasteiger partial charge in [-0.2, -0.15) is 0 Å². The molecule has 0 bridgehead atoms. The van der Waals surface area contributed by atoms with E-state index in [1.807, 2.05) is 0 Å². The molecule has 2 N–H and O–H groups in total. The van der Waals surface area contributed by atoms with E-state index in [0.29, 0.717) is 0 Å². The Labute approximate surface area is 182 Å². The zero-order chi connectivity index (χ0) is 21.8. The summed E-state index contributed by atoms with van der Waals surface area (Å²) in [5, 5.41) is 3.05. The maximum absolute atomic E-state index is 12.4. The van der Waals surface area contributed by atoms with Crippen LogP contribution < -0.4 is 16.6 Å². The monoisotopic (exact) mass is 424 g/mol. The van der Waals surface area contributed by atoms with Gasteiger partial charge in [0.15, 0.2) is 0 Å². The van der Waals surface area contributed by atoms with Gasteiger partial charge in [0.25, 0.3) is 5.56 Å². The number of aromatic amines is 1. The standard InChI is InChI=1S/C24H32N4O3/c1-18-4-6-19(7-5-18)24(11-2-3-12-24)17-27-13-8-20(9-14-27)25-22(30)16-28-15-10-21(29)26-23(28)31/h4-7,10,15,20H,2-3,8-9,11-14,16-17H2,1H3,(H,25,30)(H,26,29,31). The van der Waals surface area contributed by atoms with Crippen LogP contribution in [0.25, 0.3) is 0 Å². The molecule has 0 spiro atoms. The highest BCUT2D eigenvalue weighted by atomic mass is 16.2. The topological polar surface area (TPSA) is 87.2 Å². The number of benzene rings is 1. The summed E-state index contributed by atoms with van der Waals surface area (Å²) in [5.41, 5.74) is 2.01. The normalized spacial score (nSPS) is 19.4. The zero-order valence-corrected chi connectivity index (χ0v) is 18.2. The fourth-order valence-corrected chi connectivity index (χ4v) is 5.16. The Bertz CT molecular complexity index is 1010. The van der Waals surface area contributed by atoms with Gasteiger partial charge in [0.05, 0.1) is 0 Å². The first-order valence-corrected chi connectivity index (χ1v) is 11.3. The molecule has 2 heterocycles. The third kappa shape index (κ3) is 5.15. The number of piperidine rings is 1. The summed E-state index contributed by atoms with van der Waals surface area (Å²) in [6, 6.07) is 10.5. The fraction of sp³-hybridized carbons (Fsp3) is 0.542. The summed E-state index contributed by atoms with van der Waals surface area (Å²) >= 11 is 0. The molecule has 0 atom stereocenters. The molecule has 1 aromatic heterocycles. The van der Waals surface area contributed by atoms with Crippen molar-refractivity contribution in [3.8, 4) is 0 Å². The number of carbonyl (C=O) groups excluding carboxylic acids is 1. The molecule has 7 nitrogen and oxygen atoms in total. The number of H-pyrrole nitrogens is 1. The molecule has 0 radical (unpaired) electrons. The molecular formula is C24H32N4O3. The van der Waals surface area contributed by atoms with E-state index in [9.17, 15) is 14.4 Å². The number of rotatable bonds is 6. The van der Waals surface area contributed by atoms with E-state index in [2.05, 4.69) is 46.4 Å². The molecule has 1 amide bonds. The first-order valence-electron chi connectivity index (χ1n) is 11.3. The van der Waals surface area contributed by atoms with Gasteiger partial charge in [-0.3, -0.25) is 19.1 Å². The van der Waals surface area contributed by atoms with Crippen LogP contribution in [0.2, 0.25) is 0 Å². The van der Waals surface area contributed by atoms with Gasteiger partial charge in [-0.05, 0) is 38.2 Å². The third-order valence-corrected chi connectivity index (χ3v) is 6.91. The largest absolute Gasteiger partial charge is 0.352 e. The van der Waals surface area contributed by atoms with Gasteiger partial charge in [0.1, 0.15) is 6.54 Å². The second kappa shape index (κ2) is 9.22. The average Bonchev–Trinajstić information content (AvgIpc) is 3.22. The molecule has 1 saturated heterocycles. The number of nitrogens with zero attached hydrogens (tertiary/aromatic N) is 2. The Balaban J connectivity index is 1.31. The van der Waals surface area contributed by atoms with Crippen molar-refractivity contribution in [3.63, 3.8) is 0 Å². The molecule has 1 saturated carbocycles. The Morgan fingerprint density at radius 3 is 2.42 bits per heavy atom. The van der Waals surface area contributed by atoms with E-state index in [0.717, 1.165) is 32.5 Å². The van der Waals surface area contributed by atoms with Crippen LogP contribution >= 0.6 is 0 Å². The van der Waals surface area contributed by atoms with Gasteiger partial charge >= 0.3 is 5.69 Å². The van der Waals surface area contributed by atoms with Crippen molar-refractivity contribution in [2.75, 3.05) is 19.6 Å². The van der Waals surface area contributed by atoms with Crippen LogP contribution in [0, 0.1) is 6.92 Å². The number of hydrogen-bond acceptors (Lipinski definition) is 4. The number of carbonyl (C=O) groups is 1. The van der Waals surface area contributed by atoms with Crippen LogP contribution in [0.5, 0.6) is 0 Å². The van der Waals surface area contributed by atoms with Crippen molar-refractivity contribution < 1.29 is 4.79 Å². The van der Waals surface area contributed by atoms with E-state index in [-0.39, 0.29) is 23.9 Å². The van der Waals surface area contributed by atoms with Crippen molar-refractivity contribution in [1.29, 1.82) is 0 Å². The maximum Gasteiger partial charge on any atom is 0.328 e. The molecule has 7 heteroatoms. The number of aryl methyl sites for hydroxylation is 1. The molecule has 31 heavy (non-hydrogen) atoms. The smallest absolute Gasteiger partial charge is 0.328 e. The van der Waals surface area contributed by atoms with Crippen LogP contribution in [-0.2, 0) is 16.8 Å². The third-order valence-electron chi connectivity index (χ3n) is 6.91. The Hall–Kier alpha value is -2.67. The number of aromatic nitrogens is 2. The second-order valence-corrected chi connectivity index (χ2v) is 9.21. The van der Waals surface area contributed by atoms with E-state index >= 15 is 0 Å². The van der Waals surface area contributed by atoms with Crippen molar-refractivity contribution in [2.45, 2.75) is 63.5 Å². The highest BCUT2D eigenvalue weighted by molar-refractivity contribution is 5.76. The fourth-order valence-electron chi connectivity index (χ4n) is 5.16. The van der Waals surface area contributed by atoms with Crippen molar-refractivity contribution in [1.82, 2.24) is 19.8 Å². The number of amides is 1. The van der Waals surface area contributed by atoms with E-state index < -0.39 is 11.2 Å². The lowest BCUT2D eigenvalue weighted by Crippen LogP contribution is -2.49. The van der Waals surface area contributed by atoms with Crippen molar-refractivity contribution >= 4 is 5.91 Å². The lowest BCUT2D eigenvalue weighted by molar-refractivity contribution is -0.122. The van der Waals surface area contributed by atoms with E-state index in [1.54, 1.807) is 0 Å².